The first-order valence-corrected chi connectivity index (χ1v) is 5.98. The Morgan fingerprint density at radius 2 is 2.00 bits per heavy atom. The monoisotopic (exact) mass is 214 g/mol. The maximum atomic E-state index is 11.9. The molecule has 1 heterocycles. The van der Waals surface area contributed by atoms with Gasteiger partial charge in [0.25, 0.3) is 0 Å². The summed E-state index contributed by atoms with van der Waals surface area (Å²) in [6.45, 7) is 3.64. The Kier molecular flexibility index (Phi) is 3.02. The van der Waals surface area contributed by atoms with E-state index in [-0.39, 0.29) is 5.41 Å². The molecule has 3 nitrogen and oxygen atoms in total. The van der Waals surface area contributed by atoms with Gasteiger partial charge in [-0.05, 0) is 24.0 Å². The fraction of sp³-hybridized carbons (Fsp3) is 0.900. The minimum Gasteiger partial charge on any atom is -0.340 e. The first kappa shape index (κ1) is 10.3. The first-order chi connectivity index (χ1) is 6.76. The fourth-order valence-electron chi connectivity index (χ4n) is 1.91. The predicted octanol–water partition coefficient (Wildman–Crippen LogP) is 0.518. The number of carbonyl (C=O) groups excluding carboxylic acids is 1. The number of nitrogens with one attached hydrogen (secondary N) is 1. The number of piperazine rings is 1. The summed E-state index contributed by atoms with van der Waals surface area (Å²) in [5.74, 6) is 1.20. The van der Waals surface area contributed by atoms with Crippen molar-refractivity contribution in [3.8, 4) is 0 Å². The molecule has 0 atom stereocenters. The summed E-state index contributed by atoms with van der Waals surface area (Å²) in [5.41, 5.74) is 0.269. The van der Waals surface area contributed by atoms with Gasteiger partial charge in [0.15, 0.2) is 0 Å². The topological polar surface area (TPSA) is 32.3 Å². The highest BCUT2D eigenvalue weighted by atomic mass is 32.1. The van der Waals surface area contributed by atoms with Gasteiger partial charge in [-0.3, -0.25) is 4.79 Å². The van der Waals surface area contributed by atoms with Crippen LogP contribution in [-0.2, 0) is 4.79 Å². The highest BCUT2D eigenvalue weighted by Crippen LogP contribution is 2.49. The van der Waals surface area contributed by atoms with E-state index >= 15 is 0 Å². The Balaban J connectivity index is 1.82. The molecule has 2 rings (SSSR count). The molecule has 2 fully saturated rings. The lowest BCUT2D eigenvalue weighted by atomic mass is 10.0. The second-order valence-electron chi connectivity index (χ2n) is 4.47. The van der Waals surface area contributed by atoms with Crippen molar-refractivity contribution >= 4 is 18.5 Å². The minimum atomic E-state index is 0.269. The van der Waals surface area contributed by atoms with Gasteiger partial charge >= 0.3 is 0 Å². The average molecular weight is 214 g/mol. The molecule has 80 valence electrons. The third-order valence-corrected chi connectivity index (χ3v) is 3.96. The normalized spacial score (nSPS) is 24.8. The van der Waals surface area contributed by atoms with E-state index in [2.05, 4.69) is 17.9 Å². The molecule has 1 amide bonds. The van der Waals surface area contributed by atoms with Crippen molar-refractivity contribution in [2.45, 2.75) is 19.3 Å². The molecule has 1 aliphatic carbocycles. The molecule has 0 aromatic heterocycles. The van der Waals surface area contributed by atoms with Crippen molar-refractivity contribution in [2.75, 3.05) is 31.9 Å². The summed E-state index contributed by atoms with van der Waals surface area (Å²) in [6, 6.07) is 0. The second kappa shape index (κ2) is 4.11. The summed E-state index contributed by atoms with van der Waals surface area (Å²) in [6.07, 6.45) is 3.10. The number of rotatable bonds is 3. The summed E-state index contributed by atoms with van der Waals surface area (Å²) >= 11 is 4.32. The fourth-order valence-corrected chi connectivity index (χ4v) is 2.34. The standard InChI is InChI=1S/C10H18N2OS/c13-9(7-10(8-14)1-2-10)12-5-3-11-4-6-12/h11,14H,1-8H2. The smallest absolute Gasteiger partial charge is 0.223 e. The minimum absolute atomic E-state index is 0.269. The molecule has 0 aromatic rings. The van der Waals surface area contributed by atoms with E-state index in [9.17, 15) is 4.79 Å². The van der Waals surface area contributed by atoms with Crippen LogP contribution in [0.15, 0.2) is 0 Å². The molecular weight excluding hydrogens is 196 g/mol. The van der Waals surface area contributed by atoms with Crippen LogP contribution in [0.4, 0.5) is 0 Å². The molecule has 0 unspecified atom stereocenters. The largest absolute Gasteiger partial charge is 0.340 e. The summed E-state index contributed by atoms with van der Waals surface area (Å²) in [4.78, 5) is 13.9. The number of hydrogen-bond acceptors (Lipinski definition) is 3. The van der Waals surface area contributed by atoms with Crippen LogP contribution >= 0.6 is 12.6 Å². The van der Waals surface area contributed by atoms with E-state index in [1.165, 1.54) is 12.8 Å². The molecule has 0 spiro atoms. The van der Waals surface area contributed by atoms with Crippen LogP contribution in [0.2, 0.25) is 0 Å². The molecule has 4 heteroatoms. The van der Waals surface area contributed by atoms with Crippen LogP contribution in [0.3, 0.4) is 0 Å². The zero-order valence-electron chi connectivity index (χ0n) is 8.46. The van der Waals surface area contributed by atoms with E-state index in [4.69, 9.17) is 0 Å². The number of nitrogens with zero attached hydrogens (tertiary/aromatic N) is 1. The lowest BCUT2D eigenvalue weighted by molar-refractivity contribution is -0.132. The highest BCUT2D eigenvalue weighted by molar-refractivity contribution is 7.80. The number of hydrogen-bond donors (Lipinski definition) is 2. The van der Waals surface area contributed by atoms with Gasteiger partial charge in [0.1, 0.15) is 0 Å². The van der Waals surface area contributed by atoms with Crippen molar-refractivity contribution < 1.29 is 4.79 Å². The van der Waals surface area contributed by atoms with Gasteiger partial charge in [0.05, 0.1) is 0 Å². The van der Waals surface area contributed by atoms with Gasteiger partial charge in [0, 0.05) is 32.6 Å². The van der Waals surface area contributed by atoms with Gasteiger partial charge in [-0.25, -0.2) is 0 Å². The van der Waals surface area contributed by atoms with Crippen molar-refractivity contribution in [1.82, 2.24) is 10.2 Å². The zero-order chi connectivity index (χ0) is 10.0. The second-order valence-corrected chi connectivity index (χ2v) is 4.78. The van der Waals surface area contributed by atoms with Crippen molar-refractivity contribution in [3.05, 3.63) is 0 Å². The van der Waals surface area contributed by atoms with Crippen molar-refractivity contribution in [2.24, 2.45) is 5.41 Å². The van der Waals surface area contributed by atoms with E-state index in [0.29, 0.717) is 5.91 Å². The van der Waals surface area contributed by atoms with Gasteiger partial charge < -0.3 is 10.2 Å². The Labute approximate surface area is 90.6 Å². The van der Waals surface area contributed by atoms with Crippen molar-refractivity contribution in [1.29, 1.82) is 0 Å². The maximum Gasteiger partial charge on any atom is 0.223 e. The van der Waals surface area contributed by atoms with Crippen LogP contribution in [0.1, 0.15) is 19.3 Å². The van der Waals surface area contributed by atoms with E-state index in [1.807, 2.05) is 4.90 Å². The van der Waals surface area contributed by atoms with E-state index < -0.39 is 0 Å². The van der Waals surface area contributed by atoms with Crippen LogP contribution in [-0.4, -0.2) is 42.7 Å². The highest BCUT2D eigenvalue weighted by Gasteiger charge is 2.43. The Morgan fingerprint density at radius 3 is 2.50 bits per heavy atom. The van der Waals surface area contributed by atoms with Crippen LogP contribution in [0.5, 0.6) is 0 Å². The Hall–Kier alpha value is -0.220. The van der Waals surface area contributed by atoms with Crippen LogP contribution < -0.4 is 5.32 Å². The van der Waals surface area contributed by atoms with Crippen molar-refractivity contribution in [3.63, 3.8) is 0 Å². The first-order valence-electron chi connectivity index (χ1n) is 5.35. The Morgan fingerprint density at radius 1 is 1.36 bits per heavy atom. The molecule has 0 bridgehead atoms. The molecule has 2 aliphatic rings. The summed E-state index contributed by atoms with van der Waals surface area (Å²) < 4.78 is 0. The lowest BCUT2D eigenvalue weighted by Gasteiger charge is -2.28. The van der Waals surface area contributed by atoms with Gasteiger partial charge in [0.2, 0.25) is 5.91 Å². The Bertz CT molecular complexity index is 222. The van der Waals surface area contributed by atoms with Crippen LogP contribution in [0, 0.1) is 5.41 Å². The number of thiol groups is 1. The molecule has 1 saturated carbocycles. The quantitative estimate of drug-likeness (QED) is 0.671. The van der Waals surface area contributed by atoms with Crippen LogP contribution in [0.25, 0.3) is 0 Å². The number of carbonyl (C=O) groups is 1. The molecule has 0 radical (unpaired) electrons. The SMILES string of the molecule is O=C(CC1(CS)CC1)N1CCNCC1. The third kappa shape index (κ3) is 2.23. The van der Waals surface area contributed by atoms with Gasteiger partial charge in [-0.1, -0.05) is 0 Å². The molecule has 0 aromatic carbocycles. The van der Waals surface area contributed by atoms with Gasteiger partial charge in [-0.15, -0.1) is 0 Å². The average Bonchev–Trinajstić information content (AvgIpc) is 3.00. The van der Waals surface area contributed by atoms with E-state index in [1.54, 1.807) is 0 Å². The number of amides is 1. The molecule has 14 heavy (non-hydrogen) atoms. The molecule has 1 aliphatic heterocycles. The summed E-state index contributed by atoms with van der Waals surface area (Å²) in [7, 11) is 0. The third-order valence-electron chi connectivity index (χ3n) is 3.29. The maximum absolute atomic E-state index is 11.9. The molecule has 1 N–H and O–H groups in total. The summed E-state index contributed by atoms with van der Waals surface area (Å²) in [5, 5.41) is 3.25. The van der Waals surface area contributed by atoms with E-state index in [0.717, 1.165) is 38.4 Å². The molecular formula is C10H18N2OS. The zero-order valence-corrected chi connectivity index (χ0v) is 9.35. The predicted molar refractivity (Wildman–Crippen MR) is 59.6 cm³/mol. The lowest BCUT2D eigenvalue weighted by Crippen LogP contribution is -2.47. The van der Waals surface area contributed by atoms with Gasteiger partial charge in [-0.2, -0.15) is 12.6 Å². The molecule has 1 saturated heterocycles.